The van der Waals surface area contributed by atoms with E-state index in [0.29, 0.717) is 5.57 Å². The molecule has 0 fully saturated rings. The van der Waals surface area contributed by atoms with Crippen molar-refractivity contribution in [1.29, 1.82) is 0 Å². The highest BCUT2D eigenvalue weighted by molar-refractivity contribution is 5.90. The average molecular weight is 262 g/mol. The molecule has 2 aliphatic rings. The second-order valence-electron chi connectivity index (χ2n) is 5.36. The predicted octanol–water partition coefficient (Wildman–Crippen LogP) is 4.18. The van der Waals surface area contributed by atoms with E-state index in [4.69, 9.17) is 5.26 Å². The van der Waals surface area contributed by atoms with Crippen molar-refractivity contribution in [1.82, 2.24) is 0 Å². The zero-order valence-corrected chi connectivity index (χ0v) is 11.6. The molecule has 3 heteroatoms. The lowest BCUT2D eigenvalue weighted by molar-refractivity contribution is -0.230. The minimum absolute atomic E-state index is 0.374. The summed E-state index contributed by atoms with van der Waals surface area (Å²) in [7, 11) is 0. The van der Waals surface area contributed by atoms with Gasteiger partial charge >= 0.3 is 5.97 Å². The molecule has 0 aromatic carbocycles. The summed E-state index contributed by atoms with van der Waals surface area (Å²) in [5, 5.41) is 8.70. The molecule has 2 rings (SSSR count). The van der Waals surface area contributed by atoms with Crippen LogP contribution < -0.4 is 0 Å². The number of hydrogen-bond donors (Lipinski definition) is 1. The van der Waals surface area contributed by atoms with Gasteiger partial charge in [0, 0.05) is 11.0 Å². The maximum atomic E-state index is 11.8. The summed E-state index contributed by atoms with van der Waals surface area (Å²) in [6, 6.07) is 0. The first-order valence-electron chi connectivity index (χ1n) is 7.11. The maximum Gasteiger partial charge on any atom is 0.369 e. The van der Waals surface area contributed by atoms with E-state index in [-0.39, 0.29) is 0 Å². The molecule has 0 aromatic heterocycles. The highest BCUT2D eigenvalue weighted by Gasteiger charge is 2.43. The maximum absolute atomic E-state index is 11.8. The van der Waals surface area contributed by atoms with Crippen LogP contribution >= 0.6 is 0 Å². The fourth-order valence-electron chi connectivity index (χ4n) is 3.61. The van der Waals surface area contributed by atoms with E-state index in [9.17, 15) is 4.79 Å². The quantitative estimate of drug-likeness (QED) is 0.350. The van der Waals surface area contributed by atoms with Crippen molar-refractivity contribution in [3.05, 3.63) is 35.5 Å². The highest BCUT2D eigenvalue weighted by atomic mass is 17.1. The van der Waals surface area contributed by atoms with E-state index in [0.717, 1.165) is 44.9 Å². The third-order valence-corrected chi connectivity index (χ3v) is 4.55. The topological polar surface area (TPSA) is 46.5 Å². The number of rotatable bonds is 5. The van der Waals surface area contributed by atoms with E-state index in [1.165, 1.54) is 11.1 Å². The molecule has 2 aliphatic carbocycles. The van der Waals surface area contributed by atoms with Gasteiger partial charge in [-0.15, -0.1) is 0 Å². The Morgan fingerprint density at radius 1 is 1.32 bits per heavy atom. The fourth-order valence-corrected chi connectivity index (χ4v) is 3.61. The predicted molar refractivity (Wildman–Crippen MR) is 74.5 cm³/mol. The molecule has 19 heavy (non-hydrogen) atoms. The van der Waals surface area contributed by atoms with Crippen molar-refractivity contribution in [3.63, 3.8) is 0 Å². The van der Waals surface area contributed by atoms with E-state index >= 15 is 0 Å². The van der Waals surface area contributed by atoms with Gasteiger partial charge in [0.25, 0.3) is 0 Å². The van der Waals surface area contributed by atoms with Crippen molar-refractivity contribution in [2.75, 3.05) is 0 Å². The minimum atomic E-state index is -0.706. The number of carbonyl (C=O) groups excluding carboxylic acids is 1. The monoisotopic (exact) mass is 262 g/mol. The van der Waals surface area contributed by atoms with Crippen LogP contribution in [0.5, 0.6) is 0 Å². The van der Waals surface area contributed by atoms with Crippen molar-refractivity contribution in [2.24, 2.45) is 5.41 Å². The van der Waals surface area contributed by atoms with Gasteiger partial charge in [0.2, 0.25) is 0 Å². The van der Waals surface area contributed by atoms with Gasteiger partial charge in [-0.3, -0.25) is 4.89 Å². The molecule has 104 valence electrons. The molecule has 0 aromatic rings. The van der Waals surface area contributed by atoms with E-state index < -0.39 is 11.4 Å². The Balaban J connectivity index is 2.46. The van der Waals surface area contributed by atoms with Crippen LogP contribution in [0.3, 0.4) is 0 Å². The lowest BCUT2D eigenvalue weighted by atomic mass is 9.66. The molecular weight excluding hydrogens is 240 g/mol. The molecule has 0 spiro atoms. The lowest BCUT2D eigenvalue weighted by Gasteiger charge is -2.37. The number of carbonyl (C=O) groups is 1. The molecule has 1 N–H and O–H groups in total. The van der Waals surface area contributed by atoms with Gasteiger partial charge in [0.1, 0.15) is 0 Å². The first-order chi connectivity index (χ1) is 9.16. The Hall–Kier alpha value is -1.35. The van der Waals surface area contributed by atoms with Crippen LogP contribution in [0.2, 0.25) is 0 Å². The Bertz CT molecular complexity index is 419. The third-order valence-electron chi connectivity index (χ3n) is 4.55. The van der Waals surface area contributed by atoms with Crippen LogP contribution in [-0.4, -0.2) is 11.2 Å². The molecule has 0 unspecified atom stereocenters. The van der Waals surface area contributed by atoms with Gasteiger partial charge < -0.3 is 0 Å². The van der Waals surface area contributed by atoms with Crippen molar-refractivity contribution < 1.29 is 14.9 Å². The summed E-state index contributed by atoms with van der Waals surface area (Å²) in [5.74, 6) is -0.706. The molecule has 0 saturated carbocycles. The van der Waals surface area contributed by atoms with E-state index in [1.807, 2.05) is 0 Å². The first-order valence-corrected chi connectivity index (χ1v) is 7.11. The molecule has 0 amide bonds. The van der Waals surface area contributed by atoms with Crippen LogP contribution in [0, 0.1) is 5.41 Å². The zero-order valence-electron chi connectivity index (χ0n) is 11.6. The zero-order chi connectivity index (χ0) is 13.9. The number of hydrogen-bond acceptors (Lipinski definition) is 3. The molecule has 0 heterocycles. The summed E-state index contributed by atoms with van der Waals surface area (Å²) < 4.78 is 0. The van der Waals surface area contributed by atoms with Gasteiger partial charge in [-0.25, -0.2) is 4.79 Å². The van der Waals surface area contributed by atoms with Crippen LogP contribution in [0.1, 0.15) is 51.9 Å². The molecule has 3 nitrogen and oxygen atoms in total. The lowest BCUT2D eigenvalue weighted by Crippen LogP contribution is -2.31. The summed E-state index contributed by atoms with van der Waals surface area (Å²) >= 11 is 0. The molecular formula is C16H22O3. The van der Waals surface area contributed by atoms with Gasteiger partial charge in [-0.05, 0) is 44.9 Å². The van der Waals surface area contributed by atoms with E-state index in [1.54, 1.807) is 0 Å². The SMILES string of the molecule is C=C(C(=O)OO)C(CC)(C1=CCCC1)C1=CCCC1. The standard InChI is InChI=1S/C16H22O3/c1-3-16(12(2)15(17)19-18,13-8-4-5-9-13)14-10-6-7-11-14/h8,10,18H,2-7,9,11H2,1H3. The normalized spacial score (nSPS) is 19.1. The summed E-state index contributed by atoms with van der Waals surface area (Å²) in [6.07, 6.45) is 11.6. The summed E-state index contributed by atoms with van der Waals surface area (Å²) in [6.45, 7) is 6.02. The Morgan fingerprint density at radius 2 is 1.84 bits per heavy atom. The highest BCUT2D eigenvalue weighted by Crippen LogP contribution is 2.52. The molecule has 0 atom stereocenters. The van der Waals surface area contributed by atoms with Crippen LogP contribution in [-0.2, 0) is 9.68 Å². The van der Waals surface area contributed by atoms with Gasteiger partial charge in [-0.1, -0.05) is 36.8 Å². The largest absolute Gasteiger partial charge is 0.369 e. The second kappa shape index (κ2) is 5.74. The molecule has 0 saturated heterocycles. The van der Waals surface area contributed by atoms with Crippen molar-refractivity contribution >= 4 is 5.97 Å². The fraction of sp³-hybridized carbons (Fsp3) is 0.562. The van der Waals surface area contributed by atoms with Gasteiger partial charge in [0.15, 0.2) is 0 Å². The van der Waals surface area contributed by atoms with Crippen LogP contribution in [0.4, 0.5) is 0 Å². The molecule has 0 aliphatic heterocycles. The minimum Gasteiger partial charge on any atom is -0.296 e. The van der Waals surface area contributed by atoms with Crippen molar-refractivity contribution in [3.8, 4) is 0 Å². The second-order valence-corrected chi connectivity index (χ2v) is 5.36. The molecule has 0 radical (unpaired) electrons. The molecule has 0 bridgehead atoms. The van der Waals surface area contributed by atoms with Gasteiger partial charge in [-0.2, -0.15) is 5.26 Å². The third kappa shape index (κ3) is 2.27. The van der Waals surface area contributed by atoms with Gasteiger partial charge in [0.05, 0.1) is 0 Å². The Morgan fingerprint density at radius 3 is 2.16 bits per heavy atom. The van der Waals surface area contributed by atoms with Crippen molar-refractivity contribution in [2.45, 2.75) is 51.9 Å². The Labute approximate surface area is 114 Å². The summed E-state index contributed by atoms with van der Waals surface area (Å²) in [4.78, 5) is 15.8. The average Bonchev–Trinajstić information content (AvgIpc) is 3.12. The smallest absolute Gasteiger partial charge is 0.296 e. The summed E-state index contributed by atoms with van der Waals surface area (Å²) in [5.41, 5.74) is 2.50. The van der Waals surface area contributed by atoms with Crippen LogP contribution in [0.25, 0.3) is 0 Å². The van der Waals surface area contributed by atoms with E-state index in [2.05, 4.69) is 30.5 Å². The Kier molecular flexibility index (Phi) is 4.25. The number of allylic oxidation sites excluding steroid dienone is 4. The van der Waals surface area contributed by atoms with Crippen LogP contribution in [0.15, 0.2) is 35.5 Å². The first kappa shape index (κ1) is 14.1.